The van der Waals surface area contributed by atoms with Crippen LogP contribution in [0.3, 0.4) is 0 Å². The maximum atomic E-state index is 12.5. The number of urea groups is 1. The minimum atomic E-state index is -1.16. The molecule has 246 valence electrons. The third-order valence-corrected chi connectivity index (χ3v) is 6.85. The minimum Gasteiger partial charge on any atom is -0.490 e. The second-order valence-electron chi connectivity index (χ2n) is 10.2. The third-order valence-electron chi connectivity index (χ3n) is 6.85. The fourth-order valence-corrected chi connectivity index (χ4v) is 4.65. The van der Waals surface area contributed by atoms with Gasteiger partial charge in [-0.05, 0) is 79.9 Å². The van der Waals surface area contributed by atoms with Crippen LogP contribution in [0.25, 0.3) is 0 Å². The molecule has 13 nitrogen and oxygen atoms in total. The van der Waals surface area contributed by atoms with Crippen LogP contribution in [-0.2, 0) is 16.1 Å². The summed E-state index contributed by atoms with van der Waals surface area (Å²) in [4.78, 5) is 24.6. The number of esters is 1. The predicted octanol–water partition coefficient (Wildman–Crippen LogP) is 4.06. The Bertz CT molecular complexity index is 1670. The highest BCUT2D eigenvalue weighted by molar-refractivity contribution is 5.95. The number of ether oxygens (including phenoxy) is 5. The van der Waals surface area contributed by atoms with Gasteiger partial charge in [0, 0.05) is 5.70 Å². The van der Waals surface area contributed by atoms with Gasteiger partial charge < -0.3 is 39.4 Å². The highest BCUT2D eigenvalue weighted by Gasteiger charge is 2.32. The summed E-state index contributed by atoms with van der Waals surface area (Å²) >= 11 is 0. The SMILES string of the molecule is CCOc1cc(/C=N/N[C@H](O)COc2ccc([C@H]3NC(=O)NC(C)=C3C(=O)OC)cc2OCC)ccc1OCc1ccc(C#N)cc1. The Morgan fingerprint density at radius 3 is 2.36 bits per heavy atom. The Balaban J connectivity index is 1.37. The summed E-state index contributed by atoms with van der Waals surface area (Å²) in [6.45, 7) is 6.20. The highest BCUT2D eigenvalue weighted by atomic mass is 16.5. The molecule has 4 N–H and O–H groups in total. The number of carbonyl (C=O) groups excluding carboxylic acids is 2. The van der Waals surface area contributed by atoms with Gasteiger partial charge in [-0.15, -0.1) is 0 Å². The largest absolute Gasteiger partial charge is 0.490 e. The van der Waals surface area contributed by atoms with E-state index in [-0.39, 0.29) is 12.2 Å². The van der Waals surface area contributed by atoms with Crippen LogP contribution in [0.5, 0.6) is 23.0 Å². The number of amides is 2. The number of aliphatic hydroxyl groups excluding tert-OH is 1. The lowest BCUT2D eigenvalue weighted by Gasteiger charge is -2.28. The van der Waals surface area contributed by atoms with E-state index in [9.17, 15) is 14.7 Å². The molecule has 0 radical (unpaired) electrons. The lowest BCUT2D eigenvalue weighted by atomic mass is 9.95. The summed E-state index contributed by atoms with van der Waals surface area (Å²) in [5.41, 5.74) is 6.05. The average Bonchev–Trinajstić information content (AvgIpc) is 3.07. The zero-order valence-electron chi connectivity index (χ0n) is 26.5. The van der Waals surface area contributed by atoms with E-state index in [4.69, 9.17) is 28.9 Å². The predicted molar refractivity (Wildman–Crippen MR) is 172 cm³/mol. The van der Waals surface area contributed by atoms with Gasteiger partial charge in [0.05, 0.1) is 49.8 Å². The number of nitrogens with zero attached hydrogens (tertiary/aromatic N) is 2. The van der Waals surface area contributed by atoms with Gasteiger partial charge in [0.1, 0.15) is 13.2 Å². The normalized spacial score (nSPS) is 14.8. The lowest BCUT2D eigenvalue weighted by Crippen LogP contribution is -2.45. The number of hydrogen-bond acceptors (Lipinski definition) is 11. The van der Waals surface area contributed by atoms with Gasteiger partial charge in [-0.2, -0.15) is 10.4 Å². The monoisotopic (exact) mass is 643 g/mol. The second-order valence-corrected chi connectivity index (χ2v) is 10.2. The van der Waals surface area contributed by atoms with Gasteiger partial charge in [-0.1, -0.05) is 18.2 Å². The van der Waals surface area contributed by atoms with E-state index < -0.39 is 24.3 Å². The lowest BCUT2D eigenvalue weighted by molar-refractivity contribution is -0.136. The van der Waals surface area contributed by atoms with Crippen molar-refractivity contribution >= 4 is 18.2 Å². The van der Waals surface area contributed by atoms with E-state index in [2.05, 4.69) is 27.2 Å². The summed E-state index contributed by atoms with van der Waals surface area (Å²) in [5, 5.41) is 28.9. The Morgan fingerprint density at radius 2 is 1.68 bits per heavy atom. The molecule has 0 bridgehead atoms. The minimum absolute atomic E-state index is 0.167. The number of nitrogens with one attached hydrogen (secondary N) is 3. The topological polar surface area (TPSA) is 173 Å². The van der Waals surface area contributed by atoms with E-state index in [1.54, 1.807) is 55.5 Å². The van der Waals surface area contributed by atoms with Crippen LogP contribution in [-0.4, -0.2) is 56.5 Å². The Kier molecular flexibility index (Phi) is 12.0. The number of hydrazone groups is 1. The van der Waals surface area contributed by atoms with Crippen LogP contribution < -0.4 is 35.0 Å². The number of nitriles is 1. The molecule has 0 unspecified atom stereocenters. The summed E-state index contributed by atoms with van der Waals surface area (Å²) in [6, 6.07) is 18.4. The van der Waals surface area contributed by atoms with Crippen LogP contribution in [0, 0.1) is 11.3 Å². The first-order chi connectivity index (χ1) is 22.8. The Labute approximate surface area is 272 Å². The third kappa shape index (κ3) is 9.15. The molecule has 47 heavy (non-hydrogen) atoms. The van der Waals surface area contributed by atoms with E-state index in [0.29, 0.717) is 65.2 Å². The van der Waals surface area contributed by atoms with Crippen LogP contribution in [0.15, 0.2) is 77.0 Å². The van der Waals surface area contributed by atoms with Crippen molar-refractivity contribution in [1.29, 1.82) is 5.26 Å². The fraction of sp³-hybridized carbons (Fsp3) is 0.294. The van der Waals surface area contributed by atoms with E-state index >= 15 is 0 Å². The number of allylic oxidation sites excluding steroid dienone is 1. The van der Waals surface area contributed by atoms with Gasteiger partial charge >= 0.3 is 12.0 Å². The van der Waals surface area contributed by atoms with Crippen LogP contribution in [0.4, 0.5) is 4.79 Å². The molecule has 1 heterocycles. The molecule has 2 amide bonds. The number of methoxy groups -OCH3 is 1. The molecule has 3 aromatic rings. The smallest absolute Gasteiger partial charge is 0.337 e. The first kappa shape index (κ1) is 34.1. The number of rotatable bonds is 15. The number of carbonyl (C=O) groups is 2. The van der Waals surface area contributed by atoms with Crippen LogP contribution >= 0.6 is 0 Å². The van der Waals surface area contributed by atoms with Crippen molar-refractivity contribution in [2.75, 3.05) is 26.9 Å². The van der Waals surface area contributed by atoms with Crippen molar-refractivity contribution in [3.05, 3.63) is 94.2 Å². The summed E-state index contributed by atoms with van der Waals surface area (Å²) in [7, 11) is 1.27. The van der Waals surface area contributed by atoms with Crippen molar-refractivity contribution in [2.24, 2.45) is 5.10 Å². The Morgan fingerprint density at radius 1 is 1.00 bits per heavy atom. The molecule has 0 aliphatic carbocycles. The van der Waals surface area contributed by atoms with E-state index in [0.717, 1.165) is 5.56 Å². The molecule has 1 aliphatic rings. The first-order valence-electron chi connectivity index (χ1n) is 14.9. The van der Waals surface area contributed by atoms with Gasteiger partial charge in [0.25, 0.3) is 0 Å². The fourth-order valence-electron chi connectivity index (χ4n) is 4.65. The second kappa shape index (κ2) is 16.5. The molecule has 0 aromatic heterocycles. The Hall–Kier alpha value is -5.74. The van der Waals surface area contributed by atoms with Crippen molar-refractivity contribution in [1.82, 2.24) is 16.1 Å². The molecular formula is C34H37N5O8. The number of benzene rings is 3. The van der Waals surface area contributed by atoms with Crippen molar-refractivity contribution in [3.63, 3.8) is 0 Å². The number of aliphatic hydroxyl groups is 1. The standard InChI is InChI=1S/C34H37N5O8/c1-5-44-28-15-24(11-13-26(28)46-19-23-9-7-22(17-35)8-10-23)18-36-39-30(40)20-47-27-14-12-25(16-29(27)45-6-2)32-31(33(41)43-4)21(3)37-34(42)38-32/h7-16,18,30,32,39-40H,5-6,19-20H2,1-4H3,(H2,37,38,42)/b36-18+/t30-,32-/m1/s1. The van der Waals surface area contributed by atoms with Crippen LogP contribution in [0.1, 0.15) is 49.1 Å². The van der Waals surface area contributed by atoms with Gasteiger partial charge in [0.15, 0.2) is 29.2 Å². The maximum Gasteiger partial charge on any atom is 0.337 e. The van der Waals surface area contributed by atoms with Crippen LogP contribution in [0.2, 0.25) is 0 Å². The molecular weight excluding hydrogens is 606 g/mol. The van der Waals surface area contributed by atoms with Crippen molar-refractivity contribution < 1.29 is 38.4 Å². The van der Waals surface area contributed by atoms with Crippen molar-refractivity contribution in [2.45, 2.75) is 39.6 Å². The quantitative estimate of drug-likeness (QED) is 0.0819. The molecule has 0 saturated carbocycles. The molecule has 3 aromatic carbocycles. The molecule has 2 atom stereocenters. The average molecular weight is 644 g/mol. The maximum absolute atomic E-state index is 12.5. The molecule has 0 saturated heterocycles. The molecule has 0 spiro atoms. The zero-order valence-corrected chi connectivity index (χ0v) is 26.5. The summed E-state index contributed by atoms with van der Waals surface area (Å²) in [5.74, 6) is 1.22. The van der Waals surface area contributed by atoms with E-state index in [1.165, 1.54) is 13.3 Å². The van der Waals surface area contributed by atoms with E-state index in [1.807, 2.05) is 26.0 Å². The van der Waals surface area contributed by atoms with Gasteiger partial charge in [0.2, 0.25) is 0 Å². The highest BCUT2D eigenvalue weighted by Crippen LogP contribution is 2.35. The molecule has 13 heteroatoms. The van der Waals surface area contributed by atoms with Gasteiger partial charge in [-0.25, -0.2) is 9.59 Å². The number of hydrogen-bond donors (Lipinski definition) is 4. The molecule has 4 rings (SSSR count). The zero-order chi connectivity index (χ0) is 33.8. The summed E-state index contributed by atoms with van der Waals surface area (Å²) < 4.78 is 28.2. The van der Waals surface area contributed by atoms with Crippen molar-refractivity contribution in [3.8, 4) is 29.1 Å². The first-order valence-corrected chi connectivity index (χ1v) is 14.9. The van der Waals surface area contributed by atoms with Gasteiger partial charge in [-0.3, -0.25) is 5.43 Å². The summed E-state index contributed by atoms with van der Waals surface area (Å²) in [6.07, 6.45) is 0.361. The molecule has 1 aliphatic heterocycles. The molecule has 0 fully saturated rings.